The molecule has 2 aromatic rings. The molecule has 2 rings (SSSR count). The molecule has 104 valence electrons. The molecule has 0 saturated carbocycles. The Bertz CT molecular complexity index is 635. The molecule has 1 heterocycles. The number of carbonyl (C=O) groups excluding carboxylic acids is 1. The van der Waals surface area contributed by atoms with Crippen LogP contribution in [0.1, 0.15) is 10.4 Å². The Morgan fingerprint density at radius 2 is 2.05 bits per heavy atom. The maximum absolute atomic E-state index is 12.0. The van der Waals surface area contributed by atoms with Crippen molar-refractivity contribution in [2.45, 2.75) is 0 Å². The second-order valence-electron chi connectivity index (χ2n) is 3.77. The number of aromatic nitrogens is 1. The lowest BCUT2D eigenvalue weighted by molar-refractivity contribution is 0.0962. The van der Waals surface area contributed by atoms with Gasteiger partial charge >= 0.3 is 0 Å². The zero-order valence-electron chi connectivity index (χ0n) is 10.5. The lowest BCUT2D eigenvalue weighted by Gasteiger charge is -2.12. The molecule has 2 N–H and O–H groups in total. The highest BCUT2D eigenvalue weighted by Crippen LogP contribution is 2.22. The number of rotatable bonds is 4. The van der Waals surface area contributed by atoms with Gasteiger partial charge in [-0.3, -0.25) is 15.6 Å². The van der Waals surface area contributed by atoms with Gasteiger partial charge in [0.1, 0.15) is 10.9 Å². The van der Waals surface area contributed by atoms with Gasteiger partial charge in [0.15, 0.2) is 0 Å². The molecular weight excluding hydrogens is 301 g/mol. The topological polar surface area (TPSA) is 63.2 Å². The van der Waals surface area contributed by atoms with Crippen LogP contribution in [-0.4, -0.2) is 18.0 Å². The molecule has 0 bridgehead atoms. The second-order valence-corrected chi connectivity index (χ2v) is 4.56. The van der Waals surface area contributed by atoms with Gasteiger partial charge in [0, 0.05) is 6.20 Å². The zero-order chi connectivity index (χ0) is 14.5. The average Bonchev–Trinajstić information content (AvgIpc) is 2.45. The van der Waals surface area contributed by atoms with Crippen molar-refractivity contribution in [3.05, 3.63) is 52.3 Å². The Hall–Kier alpha value is -1.98. The summed E-state index contributed by atoms with van der Waals surface area (Å²) in [6.07, 6.45) is 1.31. The summed E-state index contributed by atoms with van der Waals surface area (Å²) in [5.74, 6) is 0.179. The number of halogens is 2. The molecular formula is C13H11Cl2N3O2. The Morgan fingerprint density at radius 1 is 1.30 bits per heavy atom. The number of hydrazine groups is 1. The predicted octanol–water partition coefficient (Wildman–Crippen LogP) is 3.15. The minimum Gasteiger partial charge on any atom is -0.495 e. The molecule has 5 nitrogen and oxygen atoms in total. The van der Waals surface area contributed by atoms with E-state index in [0.29, 0.717) is 11.4 Å². The van der Waals surface area contributed by atoms with Gasteiger partial charge in [0.05, 0.1) is 23.4 Å². The van der Waals surface area contributed by atoms with Crippen molar-refractivity contribution in [2.75, 3.05) is 12.5 Å². The first-order valence-corrected chi connectivity index (χ1v) is 6.38. The number of hydrogen-bond acceptors (Lipinski definition) is 4. The molecule has 0 unspecified atom stereocenters. The summed E-state index contributed by atoms with van der Waals surface area (Å²) in [6.45, 7) is 0. The van der Waals surface area contributed by atoms with Crippen LogP contribution >= 0.6 is 23.2 Å². The van der Waals surface area contributed by atoms with E-state index in [1.54, 1.807) is 19.2 Å². The van der Waals surface area contributed by atoms with Gasteiger partial charge in [-0.15, -0.1) is 0 Å². The fourth-order valence-corrected chi connectivity index (χ4v) is 1.97. The van der Waals surface area contributed by atoms with Gasteiger partial charge in [-0.05, 0) is 18.2 Å². The van der Waals surface area contributed by atoms with Crippen LogP contribution in [0.2, 0.25) is 10.2 Å². The van der Waals surface area contributed by atoms with Crippen molar-refractivity contribution < 1.29 is 9.53 Å². The van der Waals surface area contributed by atoms with Crippen LogP contribution in [0.3, 0.4) is 0 Å². The average molecular weight is 312 g/mol. The number of amides is 1. The standard InChI is InChI=1S/C13H11Cl2N3O2/c1-20-11-5-3-2-4-10(11)17-18-13(19)8-7-16-12(15)6-9(8)14/h2-7,17H,1H3,(H,18,19). The van der Waals surface area contributed by atoms with E-state index in [0.717, 1.165) is 0 Å². The lowest BCUT2D eigenvalue weighted by atomic mass is 10.3. The van der Waals surface area contributed by atoms with E-state index < -0.39 is 5.91 Å². The van der Waals surface area contributed by atoms with Crippen molar-refractivity contribution in [3.8, 4) is 5.75 Å². The Labute approximate surface area is 125 Å². The second kappa shape index (κ2) is 6.45. The van der Waals surface area contributed by atoms with E-state index in [-0.39, 0.29) is 15.7 Å². The number of carbonyl (C=O) groups is 1. The molecule has 0 fully saturated rings. The third-order valence-corrected chi connectivity index (χ3v) is 3.00. The largest absolute Gasteiger partial charge is 0.495 e. The number of nitrogens with zero attached hydrogens (tertiary/aromatic N) is 1. The molecule has 1 aromatic heterocycles. The number of hydrogen-bond donors (Lipinski definition) is 2. The van der Waals surface area contributed by atoms with Gasteiger partial charge in [-0.2, -0.15) is 0 Å². The van der Waals surface area contributed by atoms with E-state index in [1.807, 2.05) is 12.1 Å². The number of ether oxygens (including phenoxy) is 1. The van der Waals surface area contributed by atoms with Crippen molar-refractivity contribution in [1.29, 1.82) is 0 Å². The summed E-state index contributed by atoms with van der Waals surface area (Å²) in [4.78, 5) is 15.8. The number of benzene rings is 1. The Morgan fingerprint density at radius 3 is 2.75 bits per heavy atom. The molecule has 20 heavy (non-hydrogen) atoms. The molecule has 7 heteroatoms. The highest BCUT2D eigenvalue weighted by atomic mass is 35.5. The van der Waals surface area contributed by atoms with Gasteiger partial charge < -0.3 is 4.74 Å². The molecule has 0 atom stereocenters. The van der Waals surface area contributed by atoms with E-state index in [9.17, 15) is 4.79 Å². The summed E-state index contributed by atoms with van der Waals surface area (Å²) >= 11 is 11.6. The monoisotopic (exact) mass is 311 g/mol. The summed E-state index contributed by atoms with van der Waals surface area (Å²) < 4.78 is 5.15. The SMILES string of the molecule is COc1ccccc1NNC(=O)c1cnc(Cl)cc1Cl. The summed E-state index contributed by atoms with van der Waals surface area (Å²) in [5, 5.41) is 0.452. The quantitative estimate of drug-likeness (QED) is 0.672. The number of nitrogens with one attached hydrogen (secondary N) is 2. The predicted molar refractivity (Wildman–Crippen MR) is 78.3 cm³/mol. The van der Waals surface area contributed by atoms with Gasteiger partial charge in [0.2, 0.25) is 0 Å². The maximum Gasteiger partial charge on any atom is 0.272 e. The molecule has 0 aliphatic heterocycles. The fourth-order valence-electron chi connectivity index (χ4n) is 1.51. The van der Waals surface area contributed by atoms with Gasteiger partial charge in [0.25, 0.3) is 5.91 Å². The molecule has 0 aliphatic carbocycles. The first-order valence-electron chi connectivity index (χ1n) is 5.62. The molecule has 1 amide bonds. The minimum absolute atomic E-state index is 0.221. The molecule has 0 aliphatic rings. The maximum atomic E-state index is 12.0. The minimum atomic E-state index is -0.426. The smallest absolute Gasteiger partial charge is 0.272 e. The van der Waals surface area contributed by atoms with Crippen LogP contribution in [0.15, 0.2) is 36.5 Å². The van der Waals surface area contributed by atoms with Gasteiger partial charge in [-0.1, -0.05) is 35.3 Å². The molecule has 1 aromatic carbocycles. The van der Waals surface area contributed by atoms with Crippen LogP contribution in [0.25, 0.3) is 0 Å². The summed E-state index contributed by atoms with van der Waals surface area (Å²) in [5.41, 5.74) is 6.12. The fraction of sp³-hybridized carbons (Fsp3) is 0.0769. The third-order valence-electron chi connectivity index (χ3n) is 2.48. The number of anilines is 1. The van der Waals surface area contributed by atoms with Gasteiger partial charge in [-0.25, -0.2) is 4.98 Å². The number of pyridine rings is 1. The van der Waals surface area contributed by atoms with Crippen molar-refractivity contribution in [1.82, 2.24) is 10.4 Å². The molecule has 0 spiro atoms. The lowest BCUT2D eigenvalue weighted by Crippen LogP contribution is -2.29. The van der Waals surface area contributed by atoms with Crippen LogP contribution in [-0.2, 0) is 0 Å². The first-order chi connectivity index (χ1) is 9.61. The summed E-state index contributed by atoms with van der Waals surface area (Å²) in [6, 6.07) is 8.58. The van der Waals surface area contributed by atoms with Crippen molar-refractivity contribution in [3.63, 3.8) is 0 Å². The number of para-hydroxylation sites is 2. The van der Waals surface area contributed by atoms with E-state index in [4.69, 9.17) is 27.9 Å². The van der Waals surface area contributed by atoms with Crippen LogP contribution < -0.4 is 15.6 Å². The summed E-state index contributed by atoms with van der Waals surface area (Å²) in [7, 11) is 1.54. The van der Waals surface area contributed by atoms with E-state index in [2.05, 4.69) is 15.8 Å². The van der Waals surface area contributed by atoms with E-state index >= 15 is 0 Å². The normalized spacial score (nSPS) is 9.95. The van der Waals surface area contributed by atoms with Crippen molar-refractivity contribution >= 4 is 34.8 Å². The highest BCUT2D eigenvalue weighted by Gasteiger charge is 2.12. The van der Waals surface area contributed by atoms with E-state index in [1.165, 1.54) is 12.3 Å². The highest BCUT2D eigenvalue weighted by molar-refractivity contribution is 6.36. The van der Waals surface area contributed by atoms with Crippen LogP contribution in [0.4, 0.5) is 5.69 Å². The number of methoxy groups -OCH3 is 1. The molecule has 0 radical (unpaired) electrons. The third kappa shape index (κ3) is 3.31. The van der Waals surface area contributed by atoms with Crippen molar-refractivity contribution in [2.24, 2.45) is 0 Å². The zero-order valence-corrected chi connectivity index (χ0v) is 12.0. The Balaban J connectivity index is 2.09. The molecule has 0 saturated heterocycles. The first kappa shape index (κ1) is 14.4. The Kier molecular flexibility index (Phi) is 4.65. The van der Waals surface area contributed by atoms with Crippen LogP contribution in [0, 0.1) is 0 Å². The van der Waals surface area contributed by atoms with Crippen LogP contribution in [0.5, 0.6) is 5.75 Å².